The van der Waals surface area contributed by atoms with E-state index in [2.05, 4.69) is 9.44 Å². The second kappa shape index (κ2) is 15.4. The van der Waals surface area contributed by atoms with E-state index in [9.17, 15) is 35.2 Å². The molecule has 0 aliphatic rings. The number of nitrogens with one attached hydrogen (secondary N) is 2. The summed E-state index contributed by atoms with van der Waals surface area (Å²) in [6, 6.07) is 22.7. The lowest BCUT2D eigenvalue weighted by atomic mass is 10.2. The van der Waals surface area contributed by atoms with Gasteiger partial charge in [0.25, 0.3) is 10.0 Å². The SMILES string of the molecule is COc1ccccc1NS(=O)(=O)c1c(C)n(CC(=O)O)c2ccc(F)cc12.Cc1c(S(=O)(=O)NCc2ccccc2)c2cc(F)ccc2n1CC(=O)O. The molecule has 0 saturated carbocycles. The minimum absolute atomic E-state index is 0.0729. The summed E-state index contributed by atoms with van der Waals surface area (Å²) in [6.07, 6.45) is 0. The van der Waals surface area contributed by atoms with Crippen molar-refractivity contribution in [3.63, 3.8) is 0 Å². The van der Waals surface area contributed by atoms with Crippen LogP contribution in [0.4, 0.5) is 14.5 Å². The fourth-order valence-corrected chi connectivity index (χ4v) is 8.94. The summed E-state index contributed by atoms with van der Waals surface area (Å²) in [5.74, 6) is -3.15. The summed E-state index contributed by atoms with van der Waals surface area (Å²) in [5.41, 5.74) is 2.10. The molecule has 6 rings (SSSR count). The monoisotopic (exact) mass is 768 g/mol. The molecule has 0 spiro atoms. The van der Waals surface area contributed by atoms with Crippen molar-refractivity contribution in [2.75, 3.05) is 11.8 Å². The highest BCUT2D eigenvalue weighted by atomic mass is 32.2. The Morgan fingerprint density at radius 3 is 1.66 bits per heavy atom. The van der Waals surface area contributed by atoms with Gasteiger partial charge in [-0.1, -0.05) is 42.5 Å². The Hall–Kier alpha value is -5.78. The Kier molecular flexibility index (Phi) is 11.2. The molecule has 53 heavy (non-hydrogen) atoms. The number of halogens is 2. The molecule has 0 amide bonds. The van der Waals surface area contributed by atoms with Crippen molar-refractivity contribution in [1.82, 2.24) is 13.9 Å². The minimum atomic E-state index is -4.15. The fraction of sp³-hybridized carbons (Fsp3) is 0.167. The highest BCUT2D eigenvalue weighted by molar-refractivity contribution is 7.93. The van der Waals surface area contributed by atoms with Crippen molar-refractivity contribution in [2.24, 2.45) is 0 Å². The Morgan fingerprint density at radius 1 is 0.698 bits per heavy atom. The van der Waals surface area contributed by atoms with Gasteiger partial charge in [-0.2, -0.15) is 0 Å². The first-order valence-corrected chi connectivity index (χ1v) is 18.7. The van der Waals surface area contributed by atoms with E-state index < -0.39 is 56.7 Å². The van der Waals surface area contributed by atoms with Crippen LogP contribution in [0.3, 0.4) is 0 Å². The number of carboxylic acid groups (broad SMARTS) is 2. The van der Waals surface area contributed by atoms with Crippen LogP contribution in [0.2, 0.25) is 0 Å². The van der Waals surface area contributed by atoms with Crippen LogP contribution >= 0.6 is 0 Å². The lowest BCUT2D eigenvalue weighted by molar-refractivity contribution is -0.138. The van der Waals surface area contributed by atoms with E-state index in [4.69, 9.17) is 14.9 Å². The van der Waals surface area contributed by atoms with Crippen LogP contribution < -0.4 is 14.2 Å². The molecule has 6 aromatic rings. The second-order valence-electron chi connectivity index (χ2n) is 11.7. The van der Waals surface area contributed by atoms with Gasteiger partial charge in [0.05, 0.1) is 23.8 Å². The number of aliphatic carboxylic acids is 2. The number of sulfonamides is 2. The quantitative estimate of drug-likeness (QED) is 0.122. The smallest absolute Gasteiger partial charge is 0.323 e. The molecule has 0 bridgehead atoms. The molecule has 2 aromatic heterocycles. The Bertz CT molecular complexity index is 2570. The van der Waals surface area contributed by atoms with Crippen molar-refractivity contribution >= 4 is 59.5 Å². The molecule has 4 N–H and O–H groups in total. The number of hydrogen-bond donors (Lipinski definition) is 4. The molecular weight excluding hydrogens is 735 g/mol. The fourth-order valence-electron chi connectivity index (χ4n) is 5.97. The molecule has 0 radical (unpaired) electrons. The molecule has 0 saturated heterocycles. The normalized spacial score (nSPS) is 11.6. The number of carboxylic acids is 2. The number of ether oxygens (including phenoxy) is 1. The van der Waals surface area contributed by atoms with E-state index in [-0.39, 0.29) is 44.2 Å². The number of fused-ring (bicyclic) bond motifs is 2. The first-order chi connectivity index (χ1) is 25.0. The van der Waals surface area contributed by atoms with Gasteiger partial charge in [0, 0.05) is 28.7 Å². The van der Waals surface area contributed by atoms with Crippen LogP contribution in [-0.4, -0.2) is 55.2 Å². The summed E-state index contributed by atoms with van der Waals surface area (Å²) in [4.78, 5) is 22.0. The zero-order valence-electron chi connectivity index (χ0n) is 28.5. The van der Waals surface area contributed by atoms with Crippen LogP contribution in [0.15, 0.2) is 101 Å². The van der Waals surface area contributed by atoms with Crippen LogP contribution in [0.1, 0.15) is 17.0 Å². The first kappa shape index (κ1) is 38.5. The number of rotatable bonds is 12. The van der Waals surface area contributed by atoms with Crippen molar-refractivity contribution in [3.05, 3.63) is 120 Å². The Labute approximate surface area is 303 Å². The lowest BCUT2D eigenvalue weighted by Crippen LogP contribution is -2.24. The number of benzene rings is 4. The highest BCUT2D eigenvalue weighted by Crippen LogP contribution is 2.34. The van der Waals surface area contributed by atoms with E-state index in [0.717, 1.165) is 23.8 Å². The Balaban J connectivity index is 0.000000204. The largest absolute Gasteiger partial charge is 0.495 e. The van der Waals surface area contributed by atoms with E-state index in [0.29, 0.717) is 16.8 Å². The molecule has 0 unspecified atom stereocenters. The van der Waals surface area contributed by atoms with E-state index in [1.54, 1.807) is 42.5 Å². The molecule has 0 fully saturated rings. The standard InChI is InChI=1S/C18H17FN2O5S.C18H17FN2O4S/c1-11-18(27(24,25)20-14-5-3-4-6-16(14)26-2)13-9-12(19)7-8-15(13)21(11)10-17(22)23;1-12-18(26(24,25)20-10-13-5-3-2-4-6-13)15-9-14(19)7-8-16(15)21(12)11-17(22)23/h3-9,20H,10H2,1-2H3,(H,22,23);2-9,20H,10-11H2,1H3,(H,22,23). The maximum Gasteiger partial charge on any atom is 0.323 e. The number of aromatic nitrogens is 2. The summed E-state index contributed by atoms with van der Waals surface area (Å²) in [5, 5.41) is 18.5. The third-order valence-corrected chi connectivity index (χ3v) is 11.4. The topological polar surface area (TPSA) is 186 Å². The number of para-hydroxylation sites is 2. The number of nitrogens with zero attached hydrogens (tertiary/aromatic N) is 2. The number of hydrogen-bond acceptors (Lipinski definition) is 7. The minimum Gasteiger partial charge on any atom is -0.495 e. The maximum atomic E-state index is 13.8. The van der Waals surface area contributed by atoms with Gasteiger partial charge < -0.3 is 24.1 Å². The maximum absolute atomic E-state index is 13.8. The first-order valence-electron chi connectivity index (χ1n) is 15.7. The molecule has 0 atom stereocenters. The van der Waals surface area contributed by atoms with E-state index >= 15 is 0 Å². The third kappa shape index (κ3) is 8.32. The number of anilines is 1. The van der Waals surface area contributed by atoms with Crippen molar-refractivity contribution < 1.29 is 50.2 Å². The van der Waals surface area contributed by atoms with Gasteiger partial charge >= 0.3 is 11.9 Å². The highest BCUT2D eigenvalue weighted by Gasteiger charge is 2.28. The van der Waals surface area contributed by atoms with Gasteiger partial charge in [-0.05, 0) is 67.9 Å². The summed E-state index contributed by atoms with van der Waals surface area (Å²) >= 11 is 0. The van der Waals surface area contributed by atoms with Crippen molar-refractivity contribution in [2.45, 2.75) is 43.3 Å². The van der Waals surface area contributed by atoms with E-state index in [1.807, 2.05) is 6.07 Å². The van der Waals surface area contributed by atoms with Gasteiger partial charge in [0.1, 0.15) is 40.3 Å². The summed E-state index contributed by atoms with van der Waals surface area (Å²) in [7, 11) is -6.71. The van der Waals surface area contributed by atoms with Crippen molar-refractivity contribution in [3.8, 4) is 5.75 Å². The predicted octanol–water partition coefficient (Wildman–Crippen LogP) is 5.63. The predicted molar refractivity (Wildman–Crippen MR) is 193 cm³/mol. The summed E-state index contributed by atoms with van der Waals surface area (Å²) < 4.78 is 92.1. The molecule has 13 nitrogen and oxygen atoms in total. The third-order valence-electron chi connectivity index (χ3n) is 8.24. The molecule has 278 valence electrons. The van der Waals surface area contributed by atoms with Gasteiger partial charge in [-0.25, -0.2) is 30.3 Å². The van der Waals surface area contributed by atoms with Crippen LogP contribution in [0.25, 0.3) is 21.8 Å². The average molecular weight is 769 g/mol. The molecule has 2 heterocycles. The number of methoxy groups -OCH3 is 1. The van der Waals surface area contributed by atoms with Gasteiger partial charge in [0.15, 0.2) is 0 Å². The van der Waals surface area contributed by atoms with Gasteiger partial charge in [-0.3, -0.25) is 14.3 Å². The lowest BCUT2D eigenvalue weighted by Gasteiger charge is -2.12. The van der Waals surface area contributed by atoms with E-state index in [1.165, 1.54) is 54.4 Å². The average Bonchev–Trinajstić information content (AvgIpc) is 3.52. The zero-order valence-corrected chi connectivity index (χ0v) is 30.1. The number of carbonyl (C=O) groups is 2. The van der Waals surface area contributed by atoms with Gasteiger partial charge in [0.2, 0.25) is 10.0 Å². The van der Waals surface area contributed by atoms with Crippen molar-refractivity contribution in [1.29, 1.82) is 0 Å². The zero-order chi connectivity index (χ0) is 38.7. The van der Waals surface area contributed by atoms with Crippen LogP contribution in [0.5, 0.6) is 5.75 Å². The molecule has 0 aliphatic carbocycles. The van der Waals surface area contributed by atoms with Crippen LogP contribution in [-0.2, 0) is 49.3 Å². The molecular formula is C36H34F2N4O9S2. The second-order valence-corrected chi connectivity index (χ2v) is 15.1. The summed E-state index contributed by atoms with van der Waals surface area (Å²) in [6.45, 7) is 2.21. The Morgan fingerprint density at radius 2 is 1.17 bits per heavy atom. The molecule has 17 heteroatoms. The molecule has 4 aromatic carbocycles. The van der Waals surface area contributed by atoms with Gasteiger partial charge in [-0.15, -0.1) is 0 Å². The molecule has 0 aliphatic heterocycles. The van der Waals surface area contributed by atoms with Crippen LogP contribution in [0, 0.1) is 25.5 Å².